The van der Waals surface area contributed by atoms with E-state index < -0.39 is 5.60 Å². The summed E-state index contributed by atoms with van der Waals surface area (Å²) in [6, 6.07) is 0. The van der Waals surface area contributed by atoms with E-state index >= 15 is 0 Å². The number of hydrogen-bond acceptors (Lipinski definition) is 3. The van der Waals surface area contributed by atoms with Crippen LogP contribution in [0.4, 0.5) is 0 Å². The Morgan fingerprint density at radius 3 is 2.79 bits per heavy atom. The molecule has 0 aliphatic heterocycles. The maximum Gasteiger partial charge on any atom is 0.167 e. The number of carbonyl (C=O) groups is 2. The van der Waals surface area contributed by atoms with Crippen LogP contribution in [-0.2, 0) is 9.59 Å². The van der Waals surface area contributed by atoms with E-state index in [9.17, 15) is 14.7 Å². The molecule has 2 fully saturated rings. The zero-order valence-corrected chi connectivity index (χ0v) is 8.45. The van der Waals surface area contributed by atoms with Gasteiger partial charge in [-0.05, 0) is 32.1 Å². The Balaban J connectivity index is 2.16. The van der Waals surface area contributed by atoms with Crippen molar-refractivity contribution in [1.29, 1.82) is 0 Å². The van der Waals surface area contributed by atoms with Gasteiger partial charge >= 0.3 is 0 Å². The first-order valence-electron chi connectivity index (χ1n) is 5.29. The number of ketones is 2. The molecule has 3 atom stereocenters. The molecule has 0 aromatic rings. The lowest BCUT2D eigenvalue weighted by Gasteiger charge is -2.40. The van der Waals surface area contributed by atoms with E-state index in [2.05, 4.69) is 0 Å². The summed E-state index contributed by atoms with van der Waals surface area (Å²) in [6.07, 6.45) is 3.05. The van der Waals surface area contributed by atoms with E-state index in [4.69, 9.17) is 0 Å². The van der Waals surface area contributed by atoms with Crippen molar-refractivity contribution in [1.82, 2.24) is 0 Å². The Labute approximate surface area is 83.5 Å². The topological polar surface area (TPSA) is 54.4 Å². The molecule has 3 nitrogen and oxygen atoms in total. The van der Waals surface area contributed by atoms with E-state index in [1.807, 2.05) is 0 Å². The quantitative estimate of drug-likeness (QED) is 0.631. The van der Waals surface area contributed by atoms with Crippen LogP contribution in [0.1, 0.15) is 39.0 Å². The third-order valence-corrected chi connectivity index (χ3v) is 3.66. The van der Waals surface area contributed by atoms with Gasteiger partial charge < -0.3 is 5.11 Å². The maximum atomic E-state index is 11.8. The molecule has 1 N–H and O–H groups in total. The fourth-order valence-corrected chi connectivity index (χ4v) is 2.73. The summed E-state index contributed by atoms with van der Waals surface area (Å²) in [6.45, 7) is 1.60. The molecule has 0 aromatic heterocycles. The van der Waals surface area contributed by atoms with Crippen molar-refractivity contribution in [3.05, 3.63) is 0 Å². The number of rotatable bonds is 0. The van der Waals surface area contributed by atoms with E-state index in [-0.39, 0.29) is 23.4 Å². The second kappa shape index (κ2) is 3.16. The zero-order valence-electron chi connectivity index (χ0n) is 8.45. The summed E-state index contributed by atoms with van der Waals surface area (Å²) in [5, 5.41) is 9.81. The van der Waals surface area contributed by atoms with Gasteiger partial charge in [0.2, 0.25) is 0 Å². The lowest BCUT2D eigenvalue weighted by atomic mass is 9.65. The molecule has 14 heavy (non-hydrogen) atoms. The van der Waals surface area contributed by atoms with Crippen molar-refractivity contribution in [2.45, 2.75) is 44.6 Å². The smallest absolute Gasteiger partial charge is 0.167 e. The van der Waals surface area contributed by atoms with Crippen LogP contribution in [0.25, 0.3) is 0 Å². The summed E-state index contributed by atoms with van der Waals surface area (Å²) in [5.41, 5.74) is -1.14. The Hall–Kier alpha value is -0.700. The Morgan fingerprint density at radius 1 is 1.36 bits per heavy atom. The molecule has 0 heterocycles. The maximum absolute atomic E-state index is 11.8. The van der Waals surface area contributed by atoms with Gasteiger partial charge in [0.25, 0.3) is 0 Å². The van der Waals surface area contributed by atoms with Crippen LogP contribution in [0.15, 0.2) is 0 Å². The van der Waals surface area contributed by atoms with Gasteiger partial charge in [-0.1, -0.05) is 0 Å². The molecule has 2 aliphatic rings. The fraction of sp³-hybridized carbons (Fsp3) is 0.818. The molecule has 0 spiro atoms. The largest absolute Gasteiger partial charge is 0.382 e. The van der Waals surface area contributed by atoms with Crippen LogP contribution in [0.2, 0.25) is 0 Å². The lowest BCUT2D eigenvalue weighted by Crippen LogP contribution is -2.48. The molecule has 0 amide bonds. The normalized spacial score (nSPS) is 43.6. The minimum Gasteiger partial charge on any atom is -0.382 e. The Bertz CT molecular complexity index is 280. The molecule has 78 valence electrons. The molecule has 0 saturated heterocycles. The lowest BCUT2D eigenvalue weighted by molar-refractivity contribution is -0.150. The van der Waals surface area contributed by atoms with Crippen molar-refractivity contribution in [3.8, 4) is 0 Å². The van der Waals surface area contributed by atoms with Crippen LogP contribution < -0.4 is 0 Å². The highest BCUT2D eigenvalue weighted by atomic mass is 16.3. The summed E-state index contributed by atoms with van der Waals surface area (Å²) >= 11 is 0. The van der Waals surface area contributed by atoms with Crippen LogP contribution >= 0.6 is 0 Å². The summed E-state index contributed by atoms with van der Waals surface area (Å²) in [7, 11) is 0. The van der Waals surface area contributed by atoms with Crippen molar-refractivity contribution in [3.63, 3.8) is 0 Å². The van der Waals surface area contributed by atoms with Gasteiger partial charge in [-0.3, -0.25) is 9.59 Å². The molecule has 2 rings (SSSR count). The molecule has 3 heteroatoms. The highest BCUT2D eigenvalue weighted by Crippen LogP contribution is 2.40. The second-order valence-electron chi connectivity index (χ2n) is 4.82. The third kappa shape index (κ3) is 1.50. The van der Waals surface area contributed by atoms with Crippen LogP contribution in [0.5, 0.6) is 0 Å². The molecule has 2 saturated carbocycles. The minimum absolute atomic E-state index is 0.0405. The number of aliphatic hydroxyl groups is 1. The molecule has 0 bridgehead atoms. The van der Waals surface area contributed by atoms with Gasteiger partial charge in [-0.15, -0.1) is 0 Å². The first-order chi connectivity index (χ1) is 6.50. The third-order valence-electron chi connectivity index (χ3n) is 3.66. The zero-order chi connectivity index (χ0) is 10.3. The van der Waals surface area contributed by atoms with Crippen LogP contribution in [0, 0.1) is 11.8 Å². The average Bonchev–Trinajstić information content (AvgIpc) is 2.12. The fourth-order valence-electron chi connectivity index (χ4n) is 2.73. The van der Waals surface area contributed by atoms with E-state index in [0.717, 1.165) is 6.42 Å². The first-order valence-corrected chi connectivity index (χ1v) is 5.29. The number of hydrogen-bond donors (Lipinski definition) is 1. The van der Waals surface area contributed by atoms with Gasteiger partial charge in [0.1, 0.15) is 11.4 Å². The molecule has 0 aromatic carbocycles. The van der Waals surface area contributed by atoms with Gasteiger partial charge in [0.15, 0.2) is 5.78 Å². The molecule has 3 unspecified atom stereocenters. The molecular weight excluding hydrogens is 180 g/mol. The van der Waals surface area contributed by atoms with Crippen LogP contribution in [-0.4, -0.2) is 22.3 Å². The first kappa shape index (κ1) is 9.84. The number of fused-ring (bicyclic) bond motifs is 1. The summed E-state index contributed by atoms with van der Waals surface area (Å²) in [4.78, 5) is 23.0. The Morgan fingerprint density at radius 2 is 2.07 bits per heavy atom. The van der Waals surface area contributed by atoms with Gasteiger partial charge in [-0.25, -0.2) is 0 Å². The SMILES string of the molecule is CC1(O)CCC2CC(=O)CCC2C1=O. The van der Waals surface area contributed by atoms with Crippen molar-refractivity contribution >= 4 is 11.6 Å². The van der Waals surface area contributed by atoms with Gasteiger partial charge in [-0.2, -0.15) is 0 Å². The number of carbonyl (C=O) groups excluding carboxylic acids is 2. The van der Waals surface area contributed by atoms with E-state index in [1.54, 1.807) is 6.92 Å². The van der Waals surface area contributed by atoms with Crippen molar-refractivity contribution in [2.24, 2.45) is 11.8 Å². The second-order valence-corrected chi connectivity index (χ2v) is 4.82. The summed E-state index contributed by atoms with van der Waals surface area (Å²) in [5.74, 6) is 0.391. The number of Topliss-reactive ketones (excluding diaryl/α,β-unsaturated/α-hetero) is 2. The Kier molecular flexibility index (Phi) is 2.22. The van der Waals surface area contributed by atoms with Crippen molar-refractivity contribution < 1.29 is 14.7 Å². The average molecular weight is 196 g/mol. The molecular formula is C11H16O3. The van der Waals surface area contributed by atoms with E-state index in [1.165, 1.54) is 0 Å². The highest BCUT2D eigenvalue weighted by Gasteiger charge is 2.46. The standard InChI is InChI=1S/C11H16O3/c1-11(14)5-4-7-6-8(12)2-3-9(7)10(11)13/h7,9,14H,2-6H2,1H3. The summed E-state index contributed by atoms with van der Waals surface area (Å²) < 4.78 is 0. The van der Waals surface area contributed by atoms with Gasteiger partial charge in [0.05, 0.1) is 0 Å². The van der Waals surface area contributed by atoms with E-state index in [0.29, 0.717) is 25.7 Å². The van der Waals surface area contributed by atoms with Crippen molar-refractivity contribution in [2.75, 3.05) is 0 Å². The predicted molar refractivity (Wildman–Crippen MR) is 50.7 cm³/mol. The monoisotopic (exact) mass is 196 g/mol. The van der Waals surface area contributed by atoms with Gasteiger partial charge in [0, 0.05) is 18.8 Å². The highest BCUT2D eigenvalue weighted by molar-refractivity contribution is 5.92. The minimum atomic E-state index is -1.14. The van der Waals surface area contributed by atoms with Crippen LogP contribution in [0.3, 0.4) is 0 Å². The molecule has 2 aliphatic carbocycles. The predicted octanol–water partition coefficient (Wildman–Crippen LogP) is 1.09. The molecule has 0 radical (unpaired) electrons.